The Hall–Kier alpha value is -1.54. The van der Waals surface area contributed by atoms with Crippen molar-refractivity contribution in [3.63, 3.8) is 0 Å². The Labute approximate surface area is 79.8 Å². The summed E-state index contributed by atoms with van der Waals surface area (Å²) in [4.78, 5) is 0. The van der Waals surface area contributed by atoms with Crippen LogP contribution in [0, 0.1) is 28.6 Å². The van der Waals surface area contributed by atoms with E-state index >= 15 is 0 Å². The van der Waals surface area contributed by atoms with Crippen LogP contribution in [0.1, 0.15) is 27.2 Å². The molecular weight excluding hydrogens is 160 g/mol. The molecule has 68 valence electrons. The van der Waals surface area contributed by atoms with E-state index in [0.717, 1.165) is 5.57 Å². The van der Waals surface area contributed by atoms with E-state index in [1.54, 1.807) is 6.08 Å². The SMILES string of the molecule is C/C=C(C#N)\C=C(/C)C(C)CC#N. The van der Waals surface area contributed by atoms with Gasteiger partial charge in [-0.25, -0.2) is 0 Å². The maximum Gasteiger partial charge on any atom is 0.0988 e. The first-order valence-corrected chi connectivity index (χ1v) is 4.27. The third-order valence-corrected chi connectivity index (χ3v) is 2.00. The van der Waals surface area contributed by atoms with Gasteiger partial charge in [-0.05, 0) is 25.8 Å². The predicted molar refractivity (Wildman–Crippen MR) is 52.5 cm³/mol. The van der Waals surface area contributed by atoms with Crippen LogP contribution in [-0.4, -0.2) is 0 Å². The van der Waals surface area contributed by atoms with Gasteiger partial charge < -0.3 is 0 Å². The molecule has 0 bridgehead atoms. The van der Waals surface area contributed by atoms with Crippen LogP contribution >= 0.6 is 0 Å². The Bertz CT molecular complexity index is 297. The van der Waals surface area contributed by atoms with Crippen molar-refractivity contribution in [2.75, 3.05) is 0 Å². The third-order valence-electron chi connectivity index (χ3n) is 2.00. The zero-order valence-corrected chi connectivity index (χ0v) is 8.33. The average Bonchev–Trinajstić information content (AvgIpc) is 2.14. The minimum atomic E-state index is 0.230. The quantitative estimate of drug-likeness (QED) is 0.487. The molecule has 1 unspecified atom stereocenters. The Morgan fingerprint density at radius 3 is 2.46 bits per heavy atom. The summed E-state index contributed by atoms with van der Waals surface area (Å²) in [5, 5.41) is 17.1. The van der Waals surface area contributed by atoms with Crippen LogP contribution in [0.5, 0.6) is 0 Å². The van der Waals surface area contributed by atoms with Crippen LogP contribution in [0.2, 0.25) is 0 Å². The van der Waals surface area contributed by atoms with Gasteiger partial charge >= 0.3 is 0 Å². The highest BCUT2D eigenvalue weighted by Crippen LogP contribution is 2.15. The lowest BCUT2D eigenvalue weighted by Gasteiger charge is -2.06. The Kier molecular flexibility index (Phi) is 5.32. The molecular formula is C11H14N2. The van der Waals surface area contributed by atoms with E-state index in [2.05, 4.69) is 12.1 Å². The van der Waals surface area contributed by atoms with Crippen LogP contribution in [0.15, 0.2) is 23.3 Å². The van der Waals surface area contributed by atoms with Crippen molar-refractivity contribution in [3.05, 3.63) is 23.3 Å². The van der Waals surface area contributed by atoms with E-state index < -0.39 is 0 Å². The van der Waals surface area contributed by atoms with Crippen molar-refractivity contribution in [2.24, 2.45) is 5.92 Å². The number of allylic oxidation sites excluding steroid dienone is 4. The molecule has 0 rings (SSSR count). The summed E-state index contributed by atoms with van der Waals surface area (Å²) in [6, 6.07) is 4.20. The number of hydrogen-bond donors (Lipinski definition) is 0. The van der Waals surface area contributed by atoms with Gasteiger partial charge in [0.1, 0.15) is 0 Å². The molecule has 1 atom stereocenters. The highest BCUT2D eigenvalue weighted by Gasteiger charge is 2.03. The summed E-state index contributed by atoms with van der Waals surface area (Å²) in [6.07, 6.45) is 4.11. The standard InChI is InChI=1S/C11H14N2/c1-4-11(8-13)7-10(3)9(2)5-6-12/h4,7,9H,5H2,1-3H3/b10-7+,11-4+. The monoisotopic (exact) mass is 174 g/mol. The summed E-state index contributed by atoms with van der Waals surface area (Å²) < 4.78 is 0. The van der Waals surface area contributed by atoms with E-state index in [9.17, 15) is 0 Å². The van der Waals surface area contributed by atoms with Gasteiger partial charge in [-0.3, -0.25) is 0 Å². The van der Waals surface area contributed by atoms with E-state index in [4.69, 9.17) is 10.5 Å². The van der Waals surface area contributed by atoms with E-state index in [0.29, 0.717) is 12.0 Å². The zero-order chi connectivity index (χ0) is 10.3. The lowest BCUT2D eigenvalue weighted by molar-refractivity contribution is 0.702. The number of rotatable bonds is 3. The molecule has 2 heteroatoms. The predicted octanol–water partition coefficient (Wildman–Crippen LogP) is 2.95. The lowest BCUT2D eigenvalue weighted by atomic mass is 9.98. The summed E-state index contributed by atoms with van der Waals surface area (Å²) in [7, 11) is 0. The van der Waals surface area contributed by atoms with Crippen LogP contribution < -0.4 is 0 Å². The fourth-order valence-electron chi connectivity index (χ4n) is 0.866. The first kappa shape index (κ1) is 11.5. The van der Waals surface area contributed by atoms with Crippen molar-refractivity contribution in [1.29, 1.82) is 10.5 Å². The molecule has 0 aliphatic rings. The lowest BCUT2D eigenvalue weighted by Crippen LogP contribution is -1.94. The highest BCUT2D eigenvalue weighted by atomic mass is 14.3. The second-order valence-corrected chi connectivity index (χ2v) is 3.01. The average molecular weight is 174 g/mol. The molecule has 0 heterocycles. The molecule has 0 N–H and O–H groups in total. The summed E-state index contributed by atoms with van der Waals surface area (Å²) in [6.45, 7) is 5.76. The largest absolute Gasteiger partial charge is 0.198 e. The zero-order valence-electron chi connectivity index (χ0n) is 8.33. The highest BCUT2D eigenvalue weighted by molar-refractivity contribution is 5.35. The first-order chi connectivity index (χ1) is 6.15. The molecule has 0 spiro atoms. The number of nitriles is 2. The van der Waals surface area contributed by atoms with Gasteiger partial charge in [0.15, 0.2) is 0 Å². The molecule has 0 saturated heterocycles. The molecule has 0 saturated carbocycles. The summed E-state index contributed by atoms with van der Waals surface area (Å²) >= 11 is 0. The molecule has 0 aliphatic carbocycles. The first-order valence-electron chi connectivity index (χ1n) is 4.27. The minimum absolute atomic E-state index is 0.230. The molecule has 0 radical (unpaired) electrons. The smallest absolute Gasteiger partial charge is 0.0988 e. The van der Waals surface area contributed by atoms with Crippen molar-refractivity contribution in [2.45, 2.75) is 27.2 Å². The molecule has 0 aromatic rings. The van der Waals surface area contributed by atoms with Gasteiger partial charge in [-0.15, -0.1) is 0 Å². The van der Waals surface area contributed by atoms with Crippen LogP contribution in [0.4, 0.5) is 0 Å². The van der Waals surface area contributed by atoms with Gasteiger partial charge in [0.2, 0.25) is 0 Å². The van der Waals surface area contributed by atoms with Gasteiger partial charge in [-0.2, -0.15) is 10.5 Å². The topological polar surface area (TPSA) is 47.6 Å². The third kappa shape index (κ3) is 4.13. The van der Waals surface area contributed by atoms with Crippen molar-refractivity contribution >= 4 is 0 Å². The van der Waals surface area contributed by atoms with E-state index in [-0.39, 0.29) is 5.92 Å². The molecule has 13 heavy (non-hydrogen) atoms. The Morgan fingerprint density at radius 1 is 1.46 bits per heavy atom. The maximum atomic E-state index is 8.66. The summed E-state index contributed by atoms with van der Waals surface area (Å²) in [5.41, 5.74) is 1.73. The fraction of sp³-hybridized carbons (Fsp3) is 0.455. The maximum absolute atomic E-state index is 8.66. The number of nitrogens with zero attached hydrogens (tertiary/aromatic N) is 2. The van der Waals surface area contributed by atoms with Crippen molar-refractivity contribution < 1.29 is 0 Å². The van der Waals surface area contributed by atoms with Crippen LogP contribution in [0.25, 0.3) is 0 Å². The van der Waals surface area contributed by atoms with Gasteiger partial charge in [-0.1, -0.05) is 18.6 Å². The van der Waals surface area contributed by atoms with Crippen molar-refractivity contribution in [3.8, 4) is 12.1 Å². The molecule has 0 aliphatic heterocycles. The van der Waals surface area contributed by atoms with Crippen molar-refractivity contribution in [1.82, 2.24) is 0 Å². The molecule has 0 aromatic heterocycles. The van der Waals surface area contributed by atoms with Crippen LogP contribution in [0.3, 0.4) is 0 Å². The molecule has 0 fully saturated rings. The second-order valence-electron chi connectivity index (χ2n) is 3.01. The van der Waals surface area contributed by atoms with Gasteiger partial charge in [0, 0.05) is 12.0 Å². The van der Waals surface area contributed by atoms with E-state index in [1.807, 2.05) is 26.8 Å². The molecule has 2 nitrogen and oxygen atoms in total. The summed E-state index contributed by atoms with van der Waals surface area (Å²) in [5.74, 6) is 0.230. The minimum Gasteiger partial charge on any atom is -0.198 e. The Balaban J connectivity index is 4.52. The van der Waals surface area contributed by atoms with Crippen LogP contribution in [-0.2, 0) is 0 Å². The second kappa shape index (κ2) is 6.03. The molecule has 0 aromatic carbocycles. The van der Waals surface area contributed by atoms with Gasteiger partial charge in [0.05, 0.1) is 12.1 Å². The van der Waals surface area contributed by atoms with Gasteiger partial charge in [0.25, 0.3) is 0 Å². The Morgan fingerprint density at radius 2 is 2.08 bits per heavy atom. The molecule has 0 amide bonds. The van der Waals surface area contributed by atoms with E-state index in [1.165, 1.54) is 0 Å². The normalized spacial score (nSPS) is 14.5. The number of hydrogen-bond acceptors (Lipinski definition) is 2. The fourth-order valence-corrected chi connectivity index (χ4v) is 0.866.